The number of carboxylic acids is 2. The number of carbonyl (C=O) groups is 2. The van der Waals surface area contributed by atoms with Crippen molar-refractivity contribution >= 4 is 11.9 Å². The predicted molar refractivity (Wildman–Crippen MR) is 141 cm³/mol. The molecule has 0 aromatic carbocycles. The van der Waals surface area contributed by atoms with Crippen LogP contribution in [0.25, 0.3) is 0 Å². The highest BCUT2D eigenvalue weighted by Gasteiger charge is 2.45. The molecule has 2 atom stereocenters. The summed E-state index contributed by atoms with van der Waals surface area (Å²) >= 11 is 0. The highest BCUT2D eigenvalue weighted by atomic mass is 16.4. The summed E-state index contributed by atoms with van der Waals surface area (Å²) < 4.78 is 0.319. The lowest BCUT2D eigenvalue weighted by Gasteiger charge is -2.51. The number of quaternary nitrogens is 1. The van der Waals surface area contributed by atoms with E-state index in [1.54, 1.807) is 6.92 Å². The average molecular weight is 482 g/mol. The minimum atomic E-state index is -1.09. The Morgan fingerprint density at radius 1 is 0.853 bits per heavy atom. The van der Waals surface area contributed by atoms with Gasteiger partial charge in [-0.25, -0.2) is 0 Å². The number of carbonyl (C=O) groups excluding carboxylic acids is 1. The molecule has 0 amide bonds. The SMILES string of the molecule is CCCCCCCC/C=C\CCCCCCCCC(C)[N+](C)(C)C(C)(CCCC(=O)O)C(=O)[O-]. The summed E-state index contributed by atoms with van der Waals surface area (Å²) in [5.41, 5.74) is -1.09. The fourth-order valence-electron chi connectivity index (χ4n) is 4.71. The number of unbranched alkanes of at least 4 members (excludes halogenated alkanes) is 12. The molecule has 0 rings (SSSR count). The summed E-state index contributed by atoms with van der Waals surface area (Å²) in [7, 11) is 3.89. The Bertz CT molecular complexity index is 572. The van der Waals surface area contributed by atoms with Crippen LogP contribution in [0.4, 0.5) is 0 Å². The van der Waals surface area contributed by atoms with Gasteiger partial charge in [0.2, 0.25) is 0 Å². The van der Waals surface area contributed by atoms with Gasteiger partial charge in [0, 0.05) is 12.8 Å². The lowest BCUT2D eigenvalue weighted by molar-refractivity contribution is -0.954. The van der Waals surface area contributed by atoms with Gasteiger partial charge in [-0.1, -0.05) is 76.9 Å². The Hall–Kier alpha value is -1.36. The molecule has 0 aliphatic rings. The maximum Gasteiger partial charge on any atom is 0.303 e. The van der Waals surface area contributed by atoms with Gasteiger partial charge in [-0.05, 0) is 58.8 Å². The van der Waals surface area contributed by atoms with Gasteiger partial charge < -0.3 is 19.5 Å². The van der Waals surface area contributed by atoms with E-state index in [0.29, 0.717) is 17.3 Å². The normalized spacial score (nSPS) is 14.9. The fraction of sp³-hybridized carbons (Fsp3) is 0.862. The maximum atomic E-state index is 12.0. The van der Waals surface area contributed by atoms with E-state index in [9.17, 15) is 14.7 Å². The third-order valence-electron chi connectivity index (χ3n) is 8.00. The van der Waals surface area contributed by atoms with Gasteiger partial charge in [-0.2, -0.15) is 0 Å². The van der Waals surface area contributed by atoms with Crippen LogP contribution in [-0.2, 0) is 9.59 Å². The molecule has 34 heavy (non-hydrogen) atoms. The monoisotopic (exact) mass is 481 g/mol. The van der Waals surface area contributed by atoms with Crippen molar-refractivity contribution in [1.29, 1.82) is 0 Å². The summed E-state index contributed by atoms with van der Waals surface area (Å²) in [5.74, 6) is -1.97. The molecule has 0 heterocycles. The van der Waals surface area contributed by atoms with Gasteiger partial charge in [-0.3, -0.25) is 4.79 Å². The first-order valence-electron chi connectivity index (χ1n) is 14.0. The molecule has 0 aliphatic carbocycles. The van der Waals surface area contributed by atoms with Gasteiger partial charge >= 0.3 is 5.97 Å². The molecular weight excluding hydrogens is 426 g/mol. The molecule has 1 N–H and O–H groups in total. The molecule has 0 aliphatic heterocycles. The quantitative estimate of drug-likeness (QED) is 0.101. The zero-order valence-corrected chi connectivity index (χ0v) is 23.1. The highest BCUT2D eigenvalue weighted by Crippen LogP contribution is 2.31. The summed E-state index contributed by atoms with van der Waals surface area (Å²) in [6.45, 7) is 6.08. The van der Waals surface area contributed by atoms with E-state index in [0.717, 1.165) is 12.8 Å². The zero-order valence-electron chi connectivity index (χ0n) is 23.1. The summed E-state index contributed by atoms with van der Waals surface area (Å²) in [4.78, 5) is 22.8. The van der Waals surface area contributed by atoms with Crippen molar-refractivity contribution in [2.45, 2.75) is 148 Å². The molecule has 0 saturated heterocycles. The van der Waals surface area contributed by atoms with E-state index in [4.69, 9.17) is 5.11 Å². The lowest BCUT2D eigenvalue weighted by Crippen LogP contribution is -2.69. The standard InChI is InChI=1S/C29H55NO4/c1-6-7-8-9-10-11-12-13-14-15-16-17-18-19-20-21-23-26(2)30(4,5)29(3,28(33)34)25-22-24-27(31)32/h13-14,26H,6-12,15-25H2,1-5H3,(H-,31,32,33,34)/b14-13-. The average Bonchev–Trinajstić information content (AvgIpc) is 2.77. The van der Waals surface area contributed by atoms with Crippen LogP contribution in [0.3, 0.4) is 0 Å². The van der Waals surface area contributed by atoms with Crippen LogP contribution in [0.1, 0.15) is 136 Å². The molecule has 0 spiro atoms. The molecule has 0 aromatic rings. The van der Waals surface area contributed by atoms with Gasteiger partial charge in [0.15, 0.2) is 0 Å². The maximum absolute atomic E-state index is 12.0. The number of allylic oxidation sites excluding steroid dienone is 2. The second-order valence-corrected chi connectivity index (χ2v) is 10.9. The van der Waals surface area contributed by atoms with Gasteiger partial charge in [-0.15, -0.1) is 0 Å². The number of likely N-dealkylation sites (N-methyl/N-ethyl adjacent to an activating group) is 1. The molecule has 200 valence electrons. The third kappa shape index (κ3) is 13.5. The zero-order chi connectivity index (χ0) is 25.9. The summed E-state index contributed by atoms with van der Waals surface area (Å²) in [5, 5.41) is 20.9. The fourth-order valence-corrected chi connectivity index (χ4v) is 4.71. The summed E-state index contributed by atoms with van der Waals surface area (Å²) in [6, 6.07) is 0.171. The molecule has 0 radical (unpaired) electrons. The van der Waals surface area contributed by atoms with Crippen LogP contribution in [0.5, 0.6) is 0 Å². The lowest BCUT2D eigenvalue weighted by atomic mass is 9.88. The van der Waals surface area contributed by atoms with E-state index in [1.807, 2.05) is 14.1 Å². The number of carboxylic acid groups (broad SMARTS) is 2. The predicted octanol–water partition coefficient (Wildman–Crippen LogP) is 6.64. The third-order valence-corrected chi connectivity index (χ3v) is 8.00. The Balaban J connectivity index is 3.99. The first kappa shape index (κ1) is 32.6. The van der Waals surface area contributed by atoms with E-state index in [2.05, 4.69) is 26.0 Å². The number of hydrogen-bond donors (Lipinski definition) is 1. The van der Waals surface area contributed by atoms with Crippen molar-refractivity contribution in [2.24, 2.45) is 0 Å². The molecule has 0 saturated carbocycles. The Morgan fingerprint density at radius 3 is 1.79 bits per heavy atom. The minimum Gasteiger partial charge on any atom is -0.544 e. The van der Waals surface area contributed by atoms with Crippen molar-refractivity contribution in [3.63, 3.8) is 0 Å². The number of nitrogens with zero attached hydrogens (tertiary/aromatic N) is 1. The Kier molecular flexibility index (Phi) is 18.1. The van der Waals surface area contributed by atoms with Crippen molar-refractivity contribution in [2.75, 3.05) is 14.1 Å². The van der Waals surface area contributed by atoms with E-state index in [-0.39, 0.29) is 12.5 Å². The van der Waals surface area contributed by atoms with E-state index in [1.165, 1.54) is 83.5 Å². The van der Waals surface area contributed by atoms with E-state index < -0.39 is 17.5 Å². The van der Waals surface area contributed by atoms with Crippen LogP contribution in [0.15, 0.2) is 12.2 Å². The highest BCUT2D eigenvalue weighted by molar-refractivity contribution is 5.74. The molecule has 0 aromatic heterocycles. The van der Waals surface area contributed by atoms with Crippen molar-refractivity contribution in [1.82, 2.24) is 0 Å². The Labute approximate surface area is 210 Å². The van der Waals surface area contributed by atoms with Crippen LogP contribution in [-0.4, -0.2) is 47.2 Å². The number of hydrogen-bond acceptors (Lipinski definition) is 3. The topological polar surface area (TPSA) is 77.4 Å². The molecular formula is C29H55NO4. The second-order valence-electron chi connectivity index (χ2n) is 10.9. The van der Waals surface area contributed by atoms with Crippen molar-refractivity contribution in [3.8, 4) is 0 Å². The van der Waals surface area contributed by atoms with Crippen molar-refractivity contribution < 1.29 is 24.3 Å². The first-order valence-corrected chi connectivity index (χ1v) is 14.0. The molecule has 2 unspecified atom stereocenters. The van der Waals surface area contributed by atoms with E-state index >= 15 is 0 Å². The number of aliphatic carboxylic acids is 2. The molecule has 0 fully saturated rings. The Morgan fingerprint density at radius 2 is 1.32 bits per heavy atom. The van der Waals surface area contributed by atoms with Gasteiger partial charge in [0.1, 0.15) is 11.5 Å². The van der Waals surface area contributed by atoms with Crippen LogP contribution < -0.4 is 5.11 Å². The summed E-state index contributed by atoms with van der Waals surface area (Å²) in [6.07, 6.45) is 24.3. The van der Waals surface area contributed by atoms with Crippen LogP contribution in [0.2, 0.25) is 0 Å². The smallest absolute Gasteiger partial charge is 0.303 e. The van der Waals surface area contributed by atoms with Gasteiger partial charge in [0.25, 0.3) is 0 Å². The largest absolute Gasteiger partial charge is 0.544 e. The van der Waals surface area contributed by atoms with Crippen LogP contribution in [0, 0.1) is 0 Å². The molecule has 5 nitrogen and oxygen atoms in total. The molecule has 5 heteroatoms. The first-order chi connectivity index (χ1) is 16.1. The van der Waals surface area contributed by atoms with Crippen LogP contribution >= 0.6 is 0 Å². The number of rotatable bonds is 23. The molecule has 0 bridgehead atoms. The van der Waals surface area contributed by atoms with Crippen molar-refractivity contribution in [3.05, 3.63) is 12.2 Å². The van der Waals surface area contributed by atoms with Gasteiger partial charge in [0.05, 0.1) is 20.1 Å². The second kappa shape index (κ2) is 18.9. The minimum absolute atomic E-state index is 0.00777.